The number of alkyl halides is 2. The molecule has 0 heterocycles. The SMILES string of the molecule is O=C(O)CCCNC(=O)[C@@H]1[C@H](CNC(=O)OCC2c3ccccc3-c3ccccc32)C1(F)F. The normalized spacial score (nSPS) is 19.8. The molecule has 1 saturated carbocycles. The number of alkyl carbamates (subject to hydrolysis) is 1. The number of carboxylic acid groups (broad SMARTS) is 1. The van der Waals surface area contributed by atoms with Crippen molar-refractivity contribution in [3.05, 3.63) is 59.7 Å². The molecule has 1 fully saturated rings. The van der Waals surface area contributed by atoms with E-state index >= 15 is 0 Å². The standard InChI is InChI=1S/C24H24F2N2O5/c25-24(26)19(21(24)22(31)27-11-5-10-20(29)30)12-28-23(32)33-13-18-16-8-3-1-6-14(16)15-7-2-4-9-17(15)18/h1-4,6-9,18-19,21H,5,10-13H2,(H,27,31)(H,28,32)(H,29,30)/t19-,21-/m0/s1. The molecular weight excluding hydrogens is 434 g/mol. The van der Waals surface area contributed by atoms with Crippen LogP contribution in [0, 0.1) is 11.8 Å². The summed E-state index contributed by atoms with van der Waals surface area (Å²) in [5.41, 5.74) is 4.24. The first kappa shape index (κ1) is 22.7. The predicted octanol–water partition coefficient (Wildman–Crippen LogP) is 3.39. The van der Waals surface area contributed by atoms with Gasteiger partial charge in [0.15, 0.2) is 0 Å². The average Bonchev–Trinajstić information content (AvgIpc) is 3.20. The number of carbonyl (C=O) groups is 3. The molecule has 0 radical (unpaired) electrons. The van der Waals surface area contributed by atoms with Gasteiger partial charge in [0.2, 0.25) is 5.91 Å². The number of benzene rings is 2. The molecule has 0 aromatic heterocycles. The minimum atomic E-state index is -3.23. The van der Waals surface area contributed by atoms with Crippen LogP contribution in [0.15, 0.2) is 48.5 Å². The van der Waals surface area contributed by atoms with Gasteiger partial charge in [0.05, 0.1) is 5.92 Å². The summed E-state index contributed by atoms with van der Waals surface area (Å²) in [5, 5.41) is 13.2. The van der Waals surface area contributed by atoms with E-state index in [1.165, 1.54) is 0 Å². The number of ether oxygens (including phenoxy) is 1. The number of fused-ring (bicyclic) bond motifs is 3. The third-order valence-corrected chi connectivity index (χ3v) is 6.16. The fraction of sp³-hybridized carbons (Fsp3) is 0.375. The molecule has 174 valence electrons. The Bertz CT molecular complexity index is 1030. The molecule has 2 atom stereocenters. The highest BCUT2D eigenvalue weighted by molar-refractivity contribution is 5.84. The molecule has 4 rings (SSSR count). The lowest BCUT2D eigenvalue weighted by molar-refractivity contribution is -0.137. The maximum absolute atomic E-state index is 14.0. The Balaban J connectivity index is 1.26. The van der Waals surface area contributed by atoms with Crippen molar-refractivity contribution in [2.75, 3.05) is 19.7 Å². The lowest BCUT2D eigenvalue weighted by atomic mass is 9.98. The number of hydrogen-bond donors (Lipinski definition) is 3. The first-order valence-electron chi connectivity index (χ1n) is 10.8. The zero-order chi connectivity index (χ0) is 23.6. The number of hydrogen-bond acceptors (Lipinski definition) is 4. The Kier molecular flexibility index (Phi) is 6.31. The van der Waals surface area contributed by atoms with E-state index in [1.54, 1.807) is 0 Å². The number of halogens is 2. The van der Waals surface area contributed by atoms with Crippen molar-refractivity contribution in [3.8, 4) is 11.1 Å². The molecule has 2 aromatic rings. The predicted molar refractivity (Wildman–Crippen MR) is 115 cm³/mol. The maximum atomic E-state index is 14.0. The third-order valence-electron chi connectivity index (χ3n) is 6.16. The van der Waals surface area contributed by atoms with Gasteiger partial charge >= 0.3 is 12.1 Å². The quantitative estimate of drug-likeness (QED) is 0.500. The first-order valence-corrected chi connectivity index (χ1v) is 10.8. The third kappa shape index (κ3) is 4.67. The van der Waals surface area contributed by atoms with E-state index in [-0.39, 0.29) is 31.9 Å². The number of amides is 2. The van der Waals surface area contributed by atoms with Crippen LogP contribution in [0.25, 0.3) is 11.1 Å². The van der Waals surface area contributed by atoms with Crippen LogP contribution in [0.2, 0.25) is 0 Å². The summed E-state index contributed by atoms with van der Waals surface area (Å²) in [5.74, 6) is -8.10. The lowest BCUT2D eigenvalue weighted by Crippen LogP contribution is -2.31. The average molecular weight is 458 g/mol. The summed E-state index contributed by atoms with van der Waals surface area (Å²) in [6, 6.07) is 15.7. The zero-order valence-corrected chi connectivity index (χ0v) is 17.7. The highest BCUT2D eigenvalue weighted by atomic mass is 19.3. The van der Waals surface area contributed by atoms with Crippen molar-refractivity contribution in [1.29, 1.82) is 0 Å². The second-order valence-corrected chi connectivity index (χ2v) is 8.25. The zero-order valence-electron chi connectivity index (χ0n) is 17.7. The smallest absolute Gasteiger partial charge is 0.407 e. The molecular formula is C24H24F2N2O5. The number of carbonyl (C=O) groups excluding carboxylic acids is 2. The number of rotatable bonds is 9. The van der Waals surface area contributed by atoms with Crippen molar-refractivity contribution < 1.29 is 33.0 Å². The minimum absolute atomic E-state index is 0.00421. The summed E-state index contributed by atoms with van der Waals surface area (Å²) in [6.07, 6.45) is -0.823. The van der Waals surface area contributed by atoms with Crippen LogP contribution in [0.4, 0.5) is 13.6 Å². The van der Waals surface area contributed by atoms with E-state index < -0.39 is 42.3 Å². The first-order chi connectivity index (χ1) is 15.8. The van der Waals surface area contributed by atoms with Crippen molar-refractivity contribution in [1.82, 2.24) is 10.6 Å². The fourth-order valence-corrected chi connectivity index (χ4v) is 4.41. The van der Waals surface area contributed by atoms with E-state index in [9.17, 15) is 23.2 Å². The molecule has 0 spiro atoms. The van der Waals surface area contributed by atoms with Gasteiger partial charge in [-0.1, -0.05) is 48.5 Å². The van der Waals surface area contributed by atoms with Crippen molar-refractivity contribution in [3.63, 3.8) is 0 Å². The molecule has 2 amide bonds. The van der Waals surface area contributed by atoms with Crippen molar-refractivity contribution in [2.24, 2.45) is 11.8 Å². The van der Waals surface area contributed by atoms with Crippen molar-refractivity contribution >= 4 is 18.0 Å². The largest absolute Gasteiger partial charge is 0.481 e. The molecule has 7 nitrogen and oxygen atoms in total. The van der Waals surface area contributed by atoms with Crippen LogP contribution in [-0.2, 0) is 14.3 Å². The molecule has 3 N–H and O–H groups in total. The Morgan fingerprint density at radius 1 is 0.970 bits per heavy atom. The van der Waals surface area contributed by atoms with Crippen LogP contribution in [0.3, 0.4) is 0 Å². The second-order valence-electron chi connectivity index (χ2n) is 8.25. The molecule has 33 heavy (non-hydrogen) atoms. The summed E-state index contributed by atoms with van der Waals surface area (Å²) in [4.78, 5) is 34.6. The van der Waals surface area contributed by atoms with Crippen molar-refractivity contribution in [2.45, 2.75) is 24.7 Å². The van der Waals surface area contributed by atoms with Gasteiger partial charge in [0.1, 0.15) is 12.5 Å². The number of nitrogens with one attached hydrogen (secondary N) is 2. The Morgan fingerprint density at radius 3 is 2.18 bits per heavy atom. The second kappa shape index (κ2) is 9.17. The molecule has 2 aromatic carbocycles. The number of aliphatic carboxylic acids is 1. The van der Waals surface area contributed by atoms with Gasteiger partial charge in [0, 0.05) is 25.4 Å². The van der Waals surface area contributed by atoms with E-state index in [0.717, 1.165) is 22.3 Å². The van der Waals surface area contributed by atoms with Crippen LogP contribution >= 0.6 is 0 Å². The molecule has 0 unspecified atom stereocenters. The van der Waals surface area contributed by atoms with Gasteiger partial charge in [-0.25, -0.2) is 13.6 Å². The molecule has 2 aliphatic carbocycles. The minimum Gasteiger partial charge on any atom is -0.481 e. The van der Waals surface area contributed by atoms with Crippen LogP contribution < -0.4 is 10.6 Å². The van der Waals surface area contributed by atoms with Gasteiger partial charge in [-0.3, -0.25) is 9.59 Å². The van der Waals surface area contributed by atoms with Gasteiger partial charge in [-0.15, -0.1) is 0 Å². The Labute approximate surface area is 189 Å². The highest BCUT2D eigenvalue weighted by Gasteiger charge is 2.71. The van der Waals surface area contributed by atoms with E-state index in [2.05, 4.69) is 10.6 Å². The van der Waals surface area contributed by atoms with E-state index in [4.69, 9.17) is 9.84 Å². The van der Waals surface area contributed by atoms with Gasteiger partial charge in [0.25, 0.3) is 5.92 Å². The summed E-state index contributed by atoms with van der Waals surface area (Å²) >= 11 is 0. The monoisotopic (exact) mass is 458 g/mol. The molecule has 0 saturated heterocycles. The lowest BCUT2D eigenvalue weighted by Gasteiger charge is -2.14. The van der Waals surface area contributed by atoms with Gasteiger partial charge in [-0.2, -0.15) is 0 Å². The fourth-order valence-electron chi connectivity index (χ4n) is 4.41. The summed E-state index contributed by atoms with van der Waals surface area (Å²) < 4.78 is 33.4. The molecule has 0 bridgehead atoms. The molecule has 9 heteroatoms. The van der Waals surface area contributed by atoms with Gasteiger partial charge in [-0.05, 0) is 28.7 Å². The highest BCUT2D eigenvalue weighted by Crippen LogP contribution is 2.55. The Hall–Kier alpha value is -3.49. The Morgan fingerprint density at radius 2 is 1.58 bits per heavy atom. The summed E-state index contributed by atoms with van der Waals surface area (Å²) in [6.45, 7) is -0.324. The van der Waals surface area contributed by atoms with Crippen LogP contribution in [-0.4, -0.2) is 48.7 Å². The molecule has 0 aliphatic heterocycles. The summed E-state index contributed by atoms with van der Waals surface area (Å²) in [7, 11) is 0. The van der Waals surface area contributed by atoms with E-state index in [1.807, 2.05) is 48.5 Å². The maximum Gasteiger partial charge on any atom is 0.407 e. The van der Waals surface area contributed by atoms with E-state index in [0.29, 0.717) is 0 Å². The van der Waals surface area contributed by atoms with Crippen LogP contribution in [0.1, 0.15) is 29.9 Å². The van der Waals surface area contributed by atoms with Gasteiger partial charge < -0.3 is 20.5 Å². The number of carboxylic acids is 1. The van der Waals surface area contributed by atoms with Crippen LogP contribution in [0.5, 0.6) is 0 Å². The molecule has 2 aliphatic rings. The topological polar surface area (TPSA) is 105 Å².